The smallest absolute Gasteiger partial charge is 0.271 e. The van der Waals surface area contributed by atoms with Crippen molar-refractivity contribution >= 4 is 40.6 Å². The Hall–Kier alpha value is -4.75. The second kappa shape index (κ2) is 10.7. The lowest BCUT2D eigenvalue weighted by molar-refractivity contribution is -0.385. The Morgan fingerprint density at radius 1 is 1.03 bits per heavy atom. The molecule has 1 amide bonds. The van der Waals surface area contributed by atoms with Gasteiger partial charge in [0.05, 0.1) is 14.9 Å². The molecular weight excluding hydrogens is 464 g/mol. The fraction of sp³-hybridized carbons (Fsp3) is 0.0435. The number of benzene rings is 3. The predicted molar refractivity (Wildman–Crippen MR) is 124 cm³/mol. The highest BCUT2D eigenvalue weighted by Gasteiger charge is 2.13. The number of hydrogen-bond donors (Lipinski definition) is 1. The molecule has 0 aliphatic rings. The third kappa shape index (κ3) is 6.15. The second-order valence-electron chi connectivity index (χ2n) is 6.84. The van der Waals surface area contributed by atoms with Gasteiger partial charge in [-0.2, -0.15) is 5.26 Å². The van der Waals surface area contributed by atoms with Gasteiger partial charge in [-0.15, -0.1) is 0 Å². The maximum Gasteiger partial charge on any atom is 0.271 e. The van der Waals surface area contributed by atoms with Crippen LogP contribution in [0.4, 0.5) is 17.1 Å². The molecule has 3 rings (SSSR count). The van der Waals surface area contributed by atoms with Gasteiger partial charge < -0.3 is 10.1 Å². The summed E-state index contributed by atoms with van der Waals surface area (Å²) in [5.74, 6) is -0.435. The van der Waals surface area contributed by atoms with Crippen LogP contribution < -0.4 is 10.1 Å². The highest BCUT2D eigenvalue weighted by atomic mass is 35.5. The van der Waals surface area contributed by atoms with Crippen molar-refractivity contribution in [2.24, 2.45) is 0 Å². The SMILES string of the molecule is N#C/C(=C\c1ccc(OCc2cccc([N+](=O)[O-])c2)c(Cl)c1)C(=O)Nc1cccc([N+](=O)[O-])c1. The van der Waals surface area contributed by atoms with E-state index in [2.05, 4.69) is 5.32 Å². The van der Waals surface area contributed by atoms with E-state index in [9.17, 15) is 30.3 Å². The summed E-state index contributed by atoms with van der Waals surface area (Å²) in [6.45, 7) is 0.0473. The van der Waals surface area contributed by atoms with Crippen LogP contribution in [0.25, 0.3) is 6.08 Å². The Kier molecular flexibility index (Phi) is 7.53. The molecule has 10 nitrogen and oxygen atoms in total. The lowest BCUT2D eigenvalue weighted by Gasteiger charge is -2.09. The Morgan fingerprint density at radius 2 is 1.71 bits per heavy atom. The summed E-state index contributed by atoms with van der Waals surface area (Å²) in [4.78, 5) is 33.1. The van der Waals surface area contributed by atoms with Crippen LogP contribution in [-0.2, 0) is 11.4 Å². The van der Waals surface area contributed by atoms with Crippen LogP contribution in [0.1, 0.15) is 11.1 Å². The first-order valence-electron chi connectivity index (χ1n) is 9.60. The summed E-state index contributed by atoms with van der Waals surface area (Å²) >= 11 is 6.25. The van der Waals surface area contributed by atoms with Crippen LogP contribution in [-0.4, -0.2) is 15.8 Å². The lowest BCUT2D eigenvalue weighted by Crippen LogP contribution is -2.13. The number of anilines is 1. The molecule has 170 valence electrons. The first-order chi connectivity index (χ1) is 16.3. The number of nitrogens with zero attached hydrogens (tertiary/aromatic N) is 3. The minimum Gasteiger partial charge on any atom is -0.487 e. The molecule has 0 spiro atoms. The molecule has 0 unspecified atom stereocenters. The van der Waals surface area contributed by atoms with Gasteiger partial charge >= 0.3 is 0 Å². The Morgan fingerprint density at radius 3 is 2.35 bits per heavy atom. The molecule has 0 aliphatic carbocycles. The molecule has 0 atom stereocenters. The molecule has 34 heavy (non-hydrogen) atoms. The van der Waals surface area contributed by atoms with Crippen molar-refractivity contribution in [3.05, 3.63) is 109 Å². The number of hydrogen-bond acceptors (Lipinski definition) is 7. The van der Waals surface area contributed by atoms with Gasteiger partial charge in [0, 0.05) is 30.0 Å². The Labute approximate surface area is 198 Å². The molecular formula is C23H15ClN4O6. The van der Waals surface area contributed by atoms with Crippen molar-refractivity contribution in [1.29, 1.82) is 5.26 Å². The Balaban J connectivity index is 1.71. The molecule has 1 N–H and O–H groups in total. The van der Waals surface area contributed by atoms with Gasteiger partial charge in [-0.05, 0) is 35.4 Å². The predicted octanol–water partition coefficient (Wildman–Crippen LogP) is 5.28. The third-order valence-electron chi connectivity index (χ3n) is 4.46. The van der Waals surface area contributed by atoms with E-state index in [4.69, 9.17) is 16.3 Å². The van der Waals surface area contributed by atoms with Crippen molar-refractivity contribution in [2.75, 3.05) is 5.32 Å². The molecule has 0 aliphatic heterocycles. The number of carbonyl (C=O) groups excluding carboxylic acids is 1. The van der Waals surface area contributed by atoms with E-state index in [0.717, 1.165) is 0 Å². The molecule has 0 saturated carbocycles. The third-order valence-corrected chi connectivity index (χ3v) is 4.76. The average Bonchev–Trinajstić information content (AvgIpc) is 2.82. The van der Waals surface area contributed by atoms with Gasteiger partial charge in [0.2, 0.25) is 0 Å². The van der Waals surface area contributed by atoms with Gasteiger partial charge in [-0.1, -0.05) is 35.9 Å². The number of non-ortho nitro benzene ring substituents is 2. The highest BCUT2D eigenvalue weighted by Crippen LogP contribution is 2.28. The lowest BCUT2D eigenvalue weighted by atomic mass is 10.1. The monoisotopic (exact) mass is 478 g/mol. The largest absolute Gasteiger partial charge is 0.487 e. The van der Waals surface area contributed by atoms with Crippen molar-refractivity contribution in [2.45, 2.75) is 6.61 Å². The van der Waals surface area contributed by atoms with Crippen LogP contribution in [0, 0.1) is 31.6 Å². The number of nitriles is 1. The van der Waals surface area contributed by atoms with E-state index in [-0.39, 0.29) is 34.3 Å². The first kappa shape index (κ1) is 23.9. The number of carbonyl (C=O) groups is 1. The number of amides is 1. The molecule has 0 bridgehead atoms. The summed E-state index contributed by atoms with van der Waals surface area (Å²) in [5, 5.41) is 33.8. The Bertz CT molecular complexity index is 1350. The fourth-order valence-corrected chi connectivity index (χ4v) is 3.10. The molecule has 3 aromatic rings. The summed E-state index contributed by atoms with van der Waals surface area (Å²) < 4.78 is 5.63. The van der Waals surface area contributed by atoms with Crippen molar-refractivity contribution < 1.29 is 19.4 Å². The van der Waals surface area contributed by atoms with Crippen LogP contribution in [0.3, 0.4) is 0 Å². The van der Waals surface area contributed by atoms with Gasteiger partial charge in [-0.3, -0.25) is 25.0 Å². The molecule has 0 radical (unpaired) electrons. The molecule has 0 fully saturated rings. The van der Waals surface area contributed by atoms with Crippen LogP contribution in [0.15, 0.2) is 72.3 Å². The topological polar surface area (TPSA) is 148 Å². The normalized spacial score (nSPS) is 10.8. The van der Waals surface area contributed by atoms with Gasteiger partial charge in [0.1, 0.15) is 24.0 Å². The standard InChI is InChI=1S/C23H15ClN4O6/c24-21-11-15(7-8-22(21)34-14-16-3-1-5-19(10-16)27(30)31)9-17(13-25)23(29)26-18-4-2-6-20(12-18)28(32)33/h1-12H,14H2,(H,26,29)/b17-9+. The highest BCUT2D eigenvalue weighted by molar-refractivity contribution is 6.32. The van der Waals surface area contributed by atoms with Gasteiger partial charge in [-0.25, -0.2) is 0 Å². The van der Waals surface area contributed by atoms with E-state index in [1.807, 2.05) is 0 Å². The van der Waals surface area contributed by atoms with E-state index in [1.54, 1.807) is 30.3 Å². The summed E-state index contributed by atoms with van der Waals surface area (Å²) in [5.41, 5.74) is 0.696. The zero-order valence-corrected chi connectivity index (χ0v) is 18.1. The number of nitrogens with one attached hydrogen (secondary N) is 1. The summed E-state index contributed by atoms with van der Waals surface area (Å²) in [7, 11) is 0. The van der Waals surface area contributed by atoms with E-state index in [1.165, 1.54) is 48.5 Å². The number of nitro groups is 2. The van der Waals surface area contributed by atoms with Crippen LogP contribution in [0.5, 0.6) is 5.75 Å². The fourth-order valence-electron chi connectivity index (χ4n) is 2.86. The van der Waals surface area contributed by atoms with Crippen LogP contribution >= 0.6 is 11.6 Å². The van der Waals surface area contributed by atoms with E-state index < -0.39 is 15.8 Å². The number of rotatable bonds is 8. The second-order valence-corrected chi connectivity index (χ2v) is 7.24. The van der Waals surface area contributed by atoms with Crippen molar-refractivity contribution in [3.8, 4) is 11.8 Å². The maximum absolute atomic E-state index is 12.4. The molecule has 0 aromatic heterocycles. The molecule has 11 heteroatoms. The van der Waals surface area contributed by atoms with Crippen molar-refractivity contribution in [3.63, 3.8) is 0 Å². The summed E-state index contributed by atoms with van der Waals surface area (Å²) in [6.07, 6.45) is 1.31. The van der Waals surface area contributed by atoms with E-state index in [0.29, 0.717) is 16.9 Å². The zero-order chi connectivity index (χ0) is 24.7. The van der Waals surface area contributed by atoms with Crippen molar-refractivity contribution in [1.82, 2.24) is 0 Å². The minimum atomic E-state index is -0.745. The zero-order valence-electron chi connectivity index (χ0n) is 17.3. The molecule has 0 saturated heterocycles. The molecule has 0 heterocycles. The number of ether oxygens (including phenoxy) is 1. The van der Waals surface area contributed by atoms with Crippen LogP contribution in [0.2, 0.25) is 5.02 Å². The summed E-state index contributed by atoms with van der Waals surface area (Å²) in [6, 6.07) is 17.7. The quantitative estimate of drug-likeness (QED) is 0.200. The number of halogens is 1. The van der Waals surface area contributed by atoms with E-state index >= 15 is 0 Å². The first-order valence-corrected chi connectivity index (χ1v) is 9.98. The van der Waals surface area contributed by atoms with Gasteiger partial charge in [0.15, 0.2) is 0 Å². The molecule has 3 aromatic carbocycles. The maximum atomic E-state index is 12.4. The number of nitro benzene ring substituents is 2. The minimum absolute atomic E-state index is 0.0473. The average molecular weight is 479 g/mol. The van der Waals surface area contributed by atoms with Gasteiger partial charge in [0.25, 0.3) is 17.3 Å².